The van der Waals surface area contributed by atoms with E-state index in [1.807, 2.05) is 6.92 Å². The summed E-state index contributed by atoms with van der Waals surface area (Å²) in [6.45, 7) is 4.31. The fraction of sp³-hybridized carbons (Fsp3) is 0.714. The van der Waals surface area contributed by atoms with Crippen LogP contribution in [0, 0.1) is 35.3 Å². The molecule has 0 saturated heterocycles. The first-order valence-electron chi connectivity index (χ1n) is 12.7. The summed E-state index contributed by atoms with van der Waals surface area (Å²) in [5.41, 5.74) is 1.85. The monoisotopic (exact) mass is 416 g/mol. The number of hydrogen-bond acceptors (Lipinski definition) is 0. The molecule has 0 spiro atoms. The molecule has 2 aliphatic carbocycles. The third-order valence-corrected chi connectivity index (χ3v) is 8.07. The van der Waals surface area contributed by atoms with Crippen LogP contribution < -0.4 is 0 Å². The van der Waals surface area contributed by atoms with Gasteiger partial charge in [-0.15, -0.1) is 0 Å². The number of rotatable bonds is 9. The van der Waals surface area contributed by atoms with E-state index < -0.39 is 11.6 Å². The van der Waals surface area contributed by atoms with Gasteiger partial charge in [0.05, 0.1) is 0 Å². The summed E-state index contributed by atoms with van der Waals surface area (Å²) in [7, 11) is 0. The van der Waals surface area contributed by atoms with E-state index in [-0.39, 0.29) is 0 Å². The van der Waals surface area contributed by atoms with E-state index in [4.69, 9.17) is 0 Å². The summed E-state index contributed by atoms with van der Waals surface area (Å²) in [6.07, 6.45) is 21.8. The van der Waals surface area contributed by atoms with Crippen LogP contribution in [0.25, 0.3) is 5.57 Å². The van der Waals surface area contributed by atoms with Crippen molar-refractivity contribution in [2.75, 3.05) is 0 Å². The molecule has 0 N–H and O–H groups in total. The Morgan fingerprint density at radius 1 is 0.833 bits per heavy atom. The van der Waals surface area contributed by atoms with E-state index in [9.17, 15) is 8.78 Å². The Morgan fingerprint density at radius 3 is 2.00 bits per heavy atom. The first kappa shape index (κ1) is 23.5. The average molecular weight is 417 g/mol. The third kappa shape index (κ3) is 6.92. The van der Waals surface area contributed by atoms with Gasteiger partial charge in [-0.05, 0) is 92.4 Å². The molecule has 0 nitrogen and oxygen atoms in total. The summed E-state index contributed by atoms with van der Waals surface area (Å²) in [4.78, 5) is 0. The number of benzene rings is 1. The third-order valence-electron chi connectivity index (χ3n) is 8.07. The van der Waals surface area contributed by atoms with E-state index in [1.165, 1.54) is 95.6 Å². The zero-order valence-corrected chi connectivity index (χ0v) is 19.3. The van der Waals surface area contributed by atoms with E-state index >= 15 is 0 Å². The molecule has 2 fully saturated rings. The number of allylic oxidation sites excluding steroid dienone is 2. The zero-order chi connectivity index (χ0) is 21.3. The second-order valence-electron chi connectivity index (χ2n) is 10.2. The molecule has 0 aliphatic heterocycles. The van der Waals surface area contributed by atoms with Gasteiger partial charge in [0, 0.05) is 0 Å². The van der Waals surface area contributed by atoms with E-state index in [0.717, 1.165) is 41.2 Å². The van der Waals surface area contributed by atoms with Gasteiger partial charge in [-0.3, -0.25) is 0 Å². The van der Waals surface area contributed by atoms with Gasteiger partial charge in [-0.1, -0.05) is 70.4 Å². The Labute approximate surface area is 183 Å². The second-order valence-corrected chi connectivity index (χ2v) is 10.2. The fourth-order valence-corrected chi connectivity index (χ4v) is 5.97. The van der Waals surface area contributed by atoms with E-state index in [2.05, 4.69) is 13.0 Å². The minimum atomic E-state index is -0.770. The summed E-state index contributed by atoms with van der Waals surface area (Å²) in [5.74, 6) is 2.33. The minimum Gasteiger partial charge on any atom is -0.204 e. The van der Waals surface area contributed by atoms with Crippen molar-refractivity contribution in [3.63, 3.8) is 0 Å². The van der Waals surface area contributed by atoms with Crippen molar-refractivity contribution in [3.05, 3.63) is 41.5 Å². The lowest BCUT2D eigenvalue weighted by Crippen LogP contribution is -2.25. The molecular weight excluding hydrogens is 374 g/mol. The van der Waals surface area contributed by atoms with Crippen molar-refractivity contribution >= 4 is 5.57 Å². The lowest BCUT2D eigenvalue weighted by molar-refractivity contribution is 0.140. The van der Waals surface area contributed by atoms with Crippen LogP contribution in [0.4, 0.5) is 8.78 Å². The largest absolute Gasteiger partial charge is 0.204 e. The molecule has 0 unspecified atom stereocenters. The molecule has 0 amide bonds. The van der Waals surface area contributed by atoms with Crippen LogP contribution in [0.1, 0.15) is 109 Å². The summed E-state index contributed by atoms with van der Waals surface area (Å²) < 4.78 is 26.5. The maximum atomic E-state index is 13.4. The predicted molar refractivity (Wildman–Crippen MR) is 124 cm³/mol. The molecule has 2 heteroatoms. The van der Waals surface area contributed by atoms with Crippen molar-refractivity contribution in [1.82, 2.24) is 0 Å². The summed E-state index contributed by atoms with van der Waals surface area (Å²) >= 11 is 0. The molecule has 3 rings (SSSR count). The Kier molecular flexibility index (Phi) is 9.40. The first-order chi connectivity index (χ1) is 14.6. The van der Waals surface area contributed by atoms with Gasteiger partial charge in [0.2, 0.25) is 0 Å². The highest BCUT2D eigenvalue weighted by molar-refractivity contribution is 5.63. The number of hydrogen-bond donors (Lipinski definition) is 0. The van der Waals surface area contributed by atoms with Gasteiger partial charge < -0.3 is 0 Å². The molecule has 0 atom stereocenters. The fourth-order valence-electron chi connectivity index (χ4n) is 5.97. The van der Waals surface area contributed by atoms with E-state index in [1.54, 1.807) is 6.07 Å². The van der Waals surface area contributed by atoms with Crippen LogP contribution in [0.3, 0.4) is 0 Å². The van der Waals surface area contributed by atoms with Crippen molar-refractivity contribution in [2.45, 2.75) is 104 Å². The predicted octanol–water partition coefficient (Wildman–Crippen LogP) is 9.34. The minimum absolute atomic E-state index is 0.756. The zero-order valence-electron chi connectivity index (χ0n) is 19.3. The lowest BCUT2D eigenvalue weighted by Gasteiger charge is -2.38. The van der Waals surface area contributed by atoms with Crippen molar-refractivity contribution in [3.8, 4) is 0 Å². The second kappa shape index (κ2) is 12.0. The highest BCUT2D eigenvalue weighted by atomic mass is 19.2. The normalized spacial score (nSPS) is 27.9. The van der Waals surface area contributed by atoms with Crippen molar-refractivity contribution in [1.29, 1.82) is 0 Å². The highest BCUT2D eigenvalue weighted by Gasteiger charge is 2.30. The van der Waals surface area contributed by atoms with Gasteiger partial charge in [-0.25, -0.2) is 8.78 Å². The topological polar surface area (TPSA) is 0 Å². The number of halogens is 2. The summed E-state index contributed by atoms with van der Waals surface area (Å²) in [5, 5.41) is 0. The molecule has 30 heavy (non-hydrogen) atoms. The molecule has 2 aliphatic rings. The first-order valence-corrected chi connectivity index (χ1v) is 12.7. The molecular formula is C28H42F2. The number of unbranched alkanes of at least 4 members (excludes halogenated alkanes) is 2. The van der Waals surface area contributed by atoms with Crippen molar-refractivity contribution in [2.24, 2.45) is 23.7 Å². The maximum absolute atomic E-state index is 13.4. The van der Waals surface area contributed by atoms with Gasteiger partial charge >= 0.3 is 0 Å². The molecule has 0 bridgehead atoms. The Hall–Kier alpha value is -1.18. The smallest absolute Gasteiger partial charge is 0.159 e. The quantitative estimate of drug-likeness (QED) is 0.352. The molecule has 168 valence electrons. The van der Waals surface area contributed by atoms with Crippen LogP contribution >= 0.6 is 0 Å². The average Bonchev–Trinajstić information content (AvgIpc) is 2.77. The molecule has 0 radical (unpaired) electrons. The van der Waals surface area contributed by atoms with Crippen LogP contribution in [0.15, 0.2) is 24.3 Å². The van der Waals surface area contributed by atoms with Crippen LogP contribution in [0.2, 0.25) is 0 Å². The van der Waals surface area contributed by atoms with Gasteiger partial charge in [-0.2, -0.15) is 0 Å². The highest BCUT2D eigenvalue weighted by Crippen LogP contribution is 2.43. The molecule has 0 aromatic heterocycles. The van der Waals surface area contributed by atoms with Crippen molar-refractivity contribution < 1.29 is 8.78 Å². The van der Waals surface area contributed by atoms with Crippen LogP contribution in [-0.4, -0.2) is 0 Å². The molecule has 1 aromatic rings. The Bertz CT molecular complexity index is 661. The molecule has 1 aromatic carbocycles. The van der Waals surface area contributed by atoms with Gasteiger partial charge in [0.1, 0.15) is 0 Å². The lowest BCUT2D eigenvalue weighted by atomic mass is 9.68. The summed E-state index contributed by atoms with van der Waals surface area (Å²) in [6, 6.07) is 4.21. The maximum Gasteiger partial charge on any atom is 0.159 e. The Balaban J connectivity index is 1.34. The van der Waals surface area contributed by atoms with Crippen LogP contribution in [0.5, 0.6) is 0 Å². The van der Waals surface area contributed by atoms with Crippen LogP contribution in [-0.2, 0) is 0 Å². The molecule has 0 heterocycles. The van der Waals surface area contributed by atoms with Gasteiger partial charge in [0.15, 0.2) is 11.6 Å². The standard InChI is InChI=1S/C28H42F2/c1-3-4-5-8-22-10-14-24(15-11-22)25-16-12-23(13-17-25)9-6-7-21(2)26-18-19-27(29)28(30)20-26/h7,18-20,22-25H,3-6,8-17H2,1-2H3/b21-7+. The SMILES string of the molecule is CCCCCC1CCC(C2CCC(CC/C=C(\C)c3ccc(F)c(F)c3)CC2)CC1. The van der Waals surface area contributed by atoms with E-state index in [0.29, 0.717) is 0 Å². The van der Waals surface area contributed by atoms with Gasteiger partial charge in [0.25, 0.3) is 0 Å². The molecule has 2 saturated carbocycles. The Morgan fingerprint density at radius 2 is 1.43 bits per heavy atom.